The van der Waals surface area contributed by atoms with Crippen LogP contribution in [0.5, 0.6) is 11.5 Å². The molecular formula is C26H31ClFN3O4. The zero-order valence-electron chi connectivity index (χ0n) is 19.7. The fraction of sp³-hybridized carbons (Fsp3) is 0.423. The first-order valence-corrected chi connectivity index (χ1v) is 12.1. The maximum absolute atomic E-state index is 13.7. The second-order valence-electron chi connectivity index (χ2n) is 9.11. The Bertz CT molecular complexity index is 1130. The maximum Gasteiger partial charge on any atom is 0.145 e. The number of aliphatic hydroxyl groups excluding tert-OH is 1. The SMILES string of the molecule is Cc1cnn(CCCOc2cccc(CN3CC[C@H](O)[C@@](O)(COc4ccc(Cl)c(F)c4)C3)c2)c1. The molecule has 0 saturated carbocycles. The Balaban J connectivity index is 1.29. The van der Waals surface area contributed by atoms with Crippen LogP contribution >= 0.6 is 11.6 Å². The summed E-state index contributed by atoms with van der Waals surface area (Å²) < 4.78 is 27.1. The number of rotatable bonds is 10. The first-order valence-electron chi connectivity index (χ1n) is 11.7. The van der Waals surface area contributed by atoms with E-state index in [1.807, 2.05) is 48.3 Å². The maximum atomic E-state index is 13.7. The van der Waals surface area contributed by atoms with Gasteiger partial charge in [-0.05, 0) is 48.7 Å². The van der Waals surface area contributed by atoms with Gasteiger partial charge in [0, 0.05) is 44.9 Å². The lowest BCUT2D eigenvalue weighted by molar-refractivity contribution is -0.140. The third-order valence-electron chi connectivity index (χ3n) is 6.08. The van der Waals surface area contributed by atoms with Crippen molar-refractivity contribution in [1.82, 2.24) is 14.7 Å². The van der Waals surface area contributed by atoms with Crippen molar-refractivity contribution < 1.29 is 24.1 Å². The fourth-order valence-electron chi connectivity index (χ4n) is 4.19. The van der Waals surface area contributed by atoms with Crippen LogP contribution in [0.2, 0.25) is 5.02 Å². The van der Waals surface area contributed by atoms with E-state index in [1.54, 1.807) is 0 Å². The van der Waals surface area contributed by atoms with E-state index >= 15 is 0 Å². The molecule has 0 unspecified atom stereocenters. The topological polar surface area (TPSA) is 80.0 Å². The summed E-state index contributed by atoms with van der Waals surface area (Å²) in [6, 6.07) is 12.0. The highest BCUT2D eigenvalue weighted by atomic mass is 35.5. The predicted molar refractivity (Wildman–Crippen MR) is 131 cm³/mol. The molecule has 188 valence electrons. The number of aliphatic hydroxyl groups is 2. The van der Waals surface area contributed by atoms with Gasteiger partial charge in [-0.2, -0.15) is 5.10 Å². The van der Waals surface area contributed by atoms with Gasteiger partial charge in [0.05, 0.1) is 23.9 Å². The molecule has 0 aliphatic carbocycles. The Hall–Kier alpha value is -2.65. The minimum Gasteiger partial charge on any atom is -0.494 e. The van der Waals surface area contributed by atoms with Crippen LogP contribution in [0.4, 0.5) is 4.39 Å². The molecule has 0 radical (unpaired) electrons. The van der Waals surface area contributed by atoms with E-state index in [0.717, 1.165) is 29.8 Å². The Labute approximate surface area is 209 Å². The van der Waals surface area contributed by atoms with Gasteiger partial charge in [-0.25, -0.2) is 4.39 Å². The van der Waals surface area contributed by atoms with E-state index in [-0.39, 0.29) is 23.9 Å². The molecular weight excluding hydrogens is 473 g/mol. The number of hydrogen-bond acceptors (Lipinski definition) is 6. The largest absolute Gasteiger partial charge is 0.494 e. The third-order valence-corrected chi connectivity index (χ3v) is 6.39. The summed E-state index contributed by atoms with van der Waals surface area (Å²) in [6.45, 7) is 4.68. The monoisotopic (exact) mass is 503 g/mol. The standard InChI is InChI=1S/C26H31ClFN3O4/c1-19-14-29-31(15-19)9-3-11-34-21-5-2-4-20(12-21)16-30-10-8-25(32)26(33,17-30)18-35-22-6-7-23(27)24(28)13-22/h2,4-7,12-15,25,32-33H,3,8-11,16-18H2,1H3/t25-,26-/m0/s1. The quantitative estimate of drug-likeness (QED) is 0.409. The molecule has 3 aromatic rings. The van der Waals surface area contributed by atoms with E-state index in [2.05, 4.69) is 10.00 Å². The minimum absolute atomic E-state index is 0.000797. The van der Waals surface area contributed by atoms with Crippen molar-refractivity contribution in [3.8, 4) is 11.5 Å². The molecule has 2 aromatic carbocycles. The van der Waals surface area contributed by atoms with Crippen LogP contribution in [0.1, 0.15) is 24.0 Å². The molecule has 0 spiro atoms. The van der Waals surface area contributed by atoms with Gasteiger partial charge >= 0.3 is 0 Å². The van der Waals surface area contributed by atoms with Crippen molar-refractivity contribution >= 4 is 11.6 Å². The smallest absolute Gasteiger partial charge is 0.145 e. The minimum atomic E-state index is -1.48. The van der Waals surface area contributed by atoms with Gasteiger partial charge in [-0.1, -0.05) is 23.7 Å². The van der Waals surface area contributed by atoms with Crippen molar-refractivity contribution in [2.75, 3.05) is 26.3 Å². The molecule has 7 nitrogen and oxygen atoms in total. The molecule has 2 heterocycles. The van der Waals surface area contributed by atoms with Crippen molar-refractivity contribution in [3.63, 3.8) is 0 Å². The van der Waals surface area contributed by atoms with E-state index in [0.29, 0.717) is 26.1 Å². The Kier molecular flexibility index (Phi) is 8.28. The van der Waals surface area contributed by atoms with Gasteiger partial charge in [0.25, 0.3) is 0 Å². The number of ether oxygens (including phenoxy) is 2. The summed E-state index contributed by atoms with van der Waals surface area (Å²) in [6.07, 6.45) is 4.16. The Morgan fingerprint density at radius 2 is 2.03 bits per heavy atom. The Morgan fingerprint density at radius 3 is 2.80 bits per heavy atom. The van der Waals surface area contributed by atoms with Gasteiger partial charge in [0.1, 0.15) is 29.5 Å². The van der Waals surface area contributed by atoms with Gasteiger partial charge in [0.15, 0.2) is 0 Å². The highest BCUT2D eigenvalue weighted by molar-refractivity contribution is 6.30. The molecule has 35 heavy (non-hydrogen) atoms. The van der Waals surface area contributed by atoms with E-state index in [9.17, 15) is 14.6 Å². The van der Waals surface area contributed by atoms with Gasteiger partial charge < -0.3 is 19.7 Å². The molecule has 2 N–H and O–H groups in total. The number of halogens is 2. The number of β-amino-alcohol motifs (C(OH)–C–C–N with tert-alkyl or cyclic N) is 1. The lowest BCUT2D eigenvalue weighted by Crippen LogP contribution is -2.59. The molecule has 1 saturated heterocycles. The molecule has 0 bridgehead atoms. The highest BCUT2D eigenvalue weighted by Crippen LogP contribution is 2.27. The number of nitrogens with zero attached hydrogens (tertiary/aromatic N) is 3. The molecule has 9 heteroatoms. The predicted octanol–water partition coefficient (Wildman–Crippen LogP) is 3.83. The number of piperidine rings is 1. The Morgan fingerprint density at radius 1 is 1.20 bits per heavy atom. The zero-order valence-corrected chi connectivity index (χ0v) is 20.5. The summed E-state index contributed by atoms with van der Waals surface area (Å²) in [5.41, 5.74) is 0.707. The number of benzene rings is 2. The molecule has 1 aliphatic heterocycles. The van der Waals surface area contributed by atoms with Crippen molar-refractivity contribution in [1.29, 1.82) is 0 Å². The number of aryl methyl sites for hydroxylation is 2. The molecule has 4 rings (SSSR count). The lowest BCUT2D eigenvalue weighted by atomic mass is 9.90. The first kappa shape index (κ1) is 25.4. The van der Waals surface area contributed by atoms with E-state index in [4.69, 9.17) is 21.1 Å². The van der Waals surface area contributed by atoms with Crippen molar-refractivity contribution in [3.05, 3.63) is 76.8 Å². The average Bonchev–Trinajstić information content (AvgIpc) is 3.25. The molecule has 2 atom stereocenters. The second-order valence-corrected chi connectivity index (χ2v) is 9.52. The van der Waals surface area contributed by atoms with Crippen LogP contribution in [0.25, 0.3) is 0 Å². The fourth-order valence-corrected chi connectivity index (χ4v) is 4.31. The first-order chi connectivity index (χ1) is 16.8. The van der Waals surface area contributed by atoms with Gasteiger partial charge in [0.2, 0.25) is 0 Å². The van der Waals surface area contributed by atoms with Crippen LogP contribution in [-0.4, -0.2) is 62.9 Å². The number of hydrogen-bond donors (Lipinski definition) is 2. The summed E-state index contributed by atoms with van der Waals surface area (Å²) in [7, 11) is 0. The normalized spacial score (nSPS) is 20.7. The lowest BCUT2D eigenvalue weighted by Gasteiger charge is -2.42. The van der Waals surface area contributed by atoms with Crippen LogP contribution in [0, 0.1) is 12.7 Å². The van der Waals surface area contributed by atoms with Gasteiger partial charge in [-0.3, -0.25) is 9.58 Å². The summed E-state index contributed by atoms with van der Waals surface area (Å²) >= 11 is 5.71. The van der Waals surface area contributed by atoms with E-state index < -0.39 is 17.5 Å². The van der Waals surface area contributed by atoms with Crippen LogP contribution in [0.3, 0.4) is 0 Å². The molecule has 1 aromatic heterocycles. The average molecular weight is 504 g/mol. The van der Waals surface area contributed by atoms with Crippen molar-refractivity contribution in [2.45, 2.75) is 44.6 Å². The number of likely N-dealkylation sites (tertiary alicyclic amines) is 1. The highest BCUT2D eigenvalue weighted by Gasteiger charge is 2.42. The zero-order chi connectivity index (χ0) is 24.8. The summed E-state index contributed by atoms with van der Waals surface area (Å²) in [4.78, 5) is 2.07. The van der Waals surface area contributed by atoms with E-state index in [1.165, 1.54) is 18.2 Å². The van der Waals surface area contributed by atoms with Crippen LogP contribution in [0.15, 0.2) is 54.9 Å². The third kappa shape index (κ3) is 6.95. The summed E-state index contributed by atoms with van der Waals surface area (Å²) in [5, 5.41) is 25.8. The van der Waals surface area contributed by atoms with Crippen molar-refractivity contribution in [2.24, 2.45) is 0 Å². The summed E-state index contributed by atoms with van der Waals surface area (Å²) in [5.74, 6) is 0.442. The number of aromatic nitrogens is 2. The molecule has 0 amide bonds. The van der Waals surface area contributed by atoms with Crippen LogP contribution in [-0.2, 0) is 13.1 Å². The van der Waals surface area contributed by atoms with Crippen LogP contribution < -0.4 is 9.47 Å². The molecule has 1 fully saturated rings. The molecule has 1 aliphatic rings. The second kappa shape index (κ2) is 11.4. The van der Waals surface area contributed by atoms with Gasteiger partial charge in [-0.15, -0.1) is 0 Å².